The number of hydrogen-bond donors (Lipinski definition) is 6. The number of ether oxygens (including phenoxy) is 3. The van der Waals surface area contributed by atoms with E-state index in [0.717, 1.165) is 196 Å². The third kappa shape index (κ3) is 21.1. The number of carbonyl (C=O) groups excluding carboxylic acids is 2. The van der Waals surface area contributed by atoms with Gasteiger partial charge in [-0.25, -0.2) is 0 Å². The monoisotopic (exact) mass is 2200 g/mol. The topological polar surface area (TPSA) is 183 Å². The normalized spacial score (nSPS) is 53.8. The van der Waals surface area contributed by atoms with Gasteiger partial charge < -0.3 is 44.8 Å². The number of Topliss-reactive ketones (excluding diaryl/α,β-unsaturated/α-hetero) is 2. The minimum atomic E-state index is -0.337. The molecule has 0 heterocycles. The van der Waals surface area contributed by atoms with Crippen LogP contribution in [0.15, 0.2) is 34.9 Å². The second-order valence-electron chi connectivity index (χ2n) is 60.4. The van der Waals surface area contributed by atoms with Crippen molar-refractivity contribution in [2.24, 2.45) is 243 Å². The van der Waals surface area contributed by atoms with Crippen molar-refractivity contribution in [3.05, 3.63) is 34.9 Å². The molecule has 24 saturated carbocycles. The Kier molecular flexibility index (Phi) is 41.1. The van der Waals surface area contributed by atoms with E-state index in [4.69, 9.17) is 14.2 Å². The number of fused-ring (bicyclic) bond motifs is 30. The summed E-state index contributed by atoms with van der Waals surface area (Å²) < 4.78 is 18.7. The van der Waals surface area contributed by atoms with E-state index in [-0.39, 0.29) is 120 Å². The van der Waals surface area contributed by atoms with Gasteiger partial charge in [0.2, 0.25) is 0 Å². The Bertz CT molecular complexity index is 4420. The zero-order valence-corrected chi connectivity index (χ0v) is 98.9. The van der Waals surface area contributed by atoms with Crippen LogP contribution in [0.25, 0.3) is 0 Å². The highest BCUT2D eigenvalue weighted by Crippen LogP contribution is 2.77. The molecule has 24 rings (SSSR count). The molecule has 0 radical (unpaired) electrons. The van der Waals surface area contributed by atoms with Crippen molar-refractivity contribution in [3.63, 3.8) is 0 Å². The van der Waals surface area contributed by atoms with E-state index in [1.54, 1.807) is 16.7 Å². The lowest BCUT2D eigenvalue weighted by molar-refractivity contribution is -0.185. The molecule has 12 heteroatoms. The summed E-state index contributed by atoms with van der Waals surface area (Å²) in [6, 6.07) is 0. The van der Waals surface area contributed by atoms with Crippen LogP contribution >= 0.6 is 22.6 Å². The van der Waals surface area contributed by atoms with E-state index in [9.17, 15) is 40.2 Å². The van der Waals surface area contributed by atoms with E-state index in [1.165, 1.54) is 218 Å². The fourth-order valence-corrected chi connectivity index (χ4v) is 47.9. The van der Waals surface area contributed by atoms with Gasteiger partial charge in [0, 0.05) is 39.1 Å². The van der Waals surface area contributed by atoms with Gasteiger partial charge in [-0.1, -0.05) is 239 Å². The molecule has 0 aromatic heterocycles. The Morgan fingerprint density at radius 3 is 0.893 bits per heavy atom. The maximum atomic E-state index is 12.4. The van der Waals surface area contributed by atoms with Gasteiger partial charge >= 0.3 is 0 Å². The summed E-state index contributed by atoms with van der Waals surface area (Å²) in [6.07, 6.45) is 67.3. The smallest absolute Gasteiger partial charge is 0.139 e. The molecular formula is C138H243IO11. The largest absolute Gasteiger partial charge is 0.393 e. The maximum Gasteiger partial charge on any atom is 0.139 e. The second kappa shape index (κ2) is 48.4. The number of aliphatic hydroxyl groups excluding tert-OH is 6. The minimum Gasteiger partial charge on any atom is -0.393 e. The van der Waals surface area contributed by atoms with Crippen LogP contribution in [0.3, 0.4) is 0 Å². The summed E-state index contributed by atoms with van der Waals surface area (Å²) in [5.41, 5.74) is 8.44. The van der Waals surface area contributed by atoms with Crippen LogP contribution in [-0.2, 0) is 23.8 Å². The molecule has 0 aromatic carbocycles. The van der Waals surface area contributed by atoms with Gasteiger partial charge in [-0.2, -0.15) is 0 Å². The molecule has 24 fully saturated rings. The van der Waals surface area contributed by atoms with Gasteiger partial charge in [-0.15, -0.1) is 0 Å². The summed E-state index contributed by atoms with van der Waals surface area (Å²) >= 11 is 2.15. The number of rotatable bonds is 5. The molecular weight excluding hydrogens is 1960 g/mol. The van der Waals surface area contributed by atoms with E-state index in [1.807, 2.05) is 40.1 Å². The molecule has 0 amide bonds. The van der Waals surface area contributed by atoms with Crippen molar-refractivity contribution in [1.29, 1.82) is 0 Å². The number of aliphatic hydroxyl groups is 6. The Morgan fingerprint density at radius 1 is 0.313 bits per heavy atom. The third-order valence-corrected chi connectivity index (χ3v) is 54.9. The SMILES string of the molecule is C.C.C.C.C.C.C/C=C1/CC[C@H]2[C@@H]3CC[C@H]4C[C@H](C)CC[C@]4(C)[C@H]3[C@@H](O)C[C@]12C.C/C=C1/CC[C@H]2[C@@H]3CC[C@H]4C[C@H](C)CC[C@]4(C)[C@H]3[C@@H](OC)C[C@]12C.C/C=C1/CC[C@H]2[C@@H]3CC[C@H]4C[C@H](O)CC[C@]4(C)[C@H]3[C@@H](O)C[C@]12C.CI.CO[C@H]1C[C@]2(C)[C@@H](C(C)=O)CC[C@H]2[C@@H]2CC[C@H]3C[C@H](C)CC[C@]3(C)[C@H]21.CO[C@H]1C[C@]2(C)[C@@H](C(C)O)CC[C@H]2[C@@H]2CC[C@H]3C[C@H](C)CC[C@]3(C)[C@H]21.C[C@]12CC[C@@H](O)C[C@@H]1CC[C@@H]1[C@@H]2[C@@H](O)C[C@]2(C)C(=O)CC[C@@H]12. The lowest BCUT2D eigenvalue weighted by atomic mass is 9.43. The molecule has 1 unspecified atom stereocenters. The fourth-order valence-electron chi connectivity index (χ4n) is 47.9. The molecule has 868 valence electrons. The zero-order valence-electron chi connectivity index (χ0n) is 96.8. The first-order chi connectivity index (χ1) is 68.2. The quantitative estimate of drug-likeness (QED) is 0.0875. The van der Waals surface area contributed by atoms with Gasteiger partial charge in [0.05, 0.1) is 54.9 Å². The van der Waals surface area contributed by atoms with Crippen LogP contribution in [0.4, 0.5) is 0 Å². The zero-order chi connectivity index (χ0) is 104. The summed E-state index contributed by atoms with van der Waals surface area (Å²) in [5.74, 6) is 22.7. The number of hydrogen-bond acceptors (Lipinski definition) is 11. The molecule has 11 nitrogen and oxygen atoms in total. The van der Waals surface area contributed by atoms with Crippen LogP contribution in [-0.4, -0.2) is 123 Å². The molecule has 0 bridgehead atoms. The van der Waals surface area contributed by atoms with Crippen molar-refractivity contribution in [3.8, 4) is 0 Å². The summed E-state index contributed by atoms with van der Waals surface area (Å²) in [5, 5.41) is 64.1. The van der Waals surface area contributed by atoms with Crippen molar-refractivity contribution in [1.82, 2.24) is 0 Å². The van der Waals surface area contributed by atoms with Crippen LogP contribution in [0.2, 0.25) is 0 Å². The predicted octanol–water partition coefficient (Wildman–Crippen LogP) is 34.7. The fraction of sp³-hybridized carbons (Fsp3) is 0.942. The molecule has 6 N–H and O–H groups in total. The molecule has 0 aliphatic heterocycles. The summed E-state index contributed by atoms with van der Waals surface area (Å²) in [7, 11) is 5.88. The first-order valence-corrected chi connectivity index (χ1v) is 64.4. The number of alkyl halides is 1. The number of methoxy groups -OCH3 is 3. The van der Waals surface area contributed by atoms with E-state index in [2.05, 4.69) is 172 Å². The van der Waals surface area contributed by atoms with Crippen LogP contribution < -0.4 is 0 Å². The van der Waals surface area contributed by atoms with Gasteiger partial charge in [-0.05, 0) is 547 Å². The van der Waals surface area contributed by atoms with Crippen LogP contribution in [0.5, 0.6) is 0 Å². The van der Waals surface area contributed by atoms with Gasteiger partial charge in [-0.3, -0.25) is 9.59 Å². The van der Waals surface area contributed by atoms with Crippen molar-refractivity contribution in [2.45, 2.75) is 553 Å². The minimum absolute atomic E-state index is 0. The molecule has 0 aromatic rings. The van der Waals surface area contributed by atoms with Crippen molar-refractivity contribution in [2.75, 3.05) is 26.3 Å². The highest BCUT2D eigenvalue weighted by atomic mass is 127. The summed E-state index contributed by atoms with van der Waals surface area (Å²) in [4.78, 5) is 26.7. The molecule has 51 atom stereocenters. The highest BCUT2D eigenvalue weighted by molar-refractivity contribution is 14.1. The van der Waals surface area contributed by atoms with Crippen molar-refractivity contribution < 1.29 is 54.4 Å². The number of halogens is 1. The second-order valence-corrected chi connectivity index (χ2v) is 60.4. The Labute approximate surface area is 938 Å². The molecule has 150 heavy (non-hydrogen) atoms. The number of ketones is 2. The molecule has 0 spiro atoms. The standard InChI is InChI=1S/C23H40O2.C23H38O2.C23H38O.C22H36O.C21H34O2.C19H30O3.CH3I.6CH4/c2*1-14-10-11-22(3)16(12-14)6-7-17-19-9-8-18(15(2)24)23(19,4)13-20(25-5)21(17)22;1-6-16-8-10-19-18-9-7-17-13-15(2)11-12-22(17,3)21(18)20(24-5)14-23(16,19)4;1-5-15-7-9-18-17-8-6-16-12-14(2)10-11-21(16,3)20(17)19(23)13-22(15,18)4;1-4-13-6-8-17-16-7-5-14-11-15(22)9-10-20(14,2)19(16)18(23)12-21(13,17)3;1-18-8-7-12(20)9-11(18)3-4-13-14-5-6-16(22)19(14,2)10-15(21)17(13)18;1-2;;;;;;/h14-21,24H,6-13H2,1-5H3;14,16-21H,6-13H2,1-5H3;6,15,17-21H,7-14H2,1-5H3;5,14,16-20,23H,6-13H2,1-4H3;4,14-19,22-23H,5-12H2,1-3H3;11-15,17,20-21H,3-10H2,1-2H3;1H3;6*1H4/b;;16-6-;15-5-;13-4-;;;;;;;;/t14-,15?,16+,17+,18-,19+,20+,21-,22+,23-;14-,16+,17+,18-,19+,20+,21-,22+,23-;15-,17+,18+,19+,20+,21-,22+,23-;14-,16+,17+,18+,19+,20-,21+,22-;14-,15+,16-,17-,18-,19+,20-,21+;11-,12+,13-,14-,15-,17+,18-,19-;;;;;;;/m111100......./s1. The average Bonchev–Trinajstić information content (AvgIpc) is 1.50. The Hall–Kier alpha value is -1.07. The lowest BCUT2D eigenvalue weighted by Gasteiger charge is -2.63. The van der Waals surface area contributed by atoms with E-state index in [0.29, 0.717) is 128 Å². The maximum absolute atomic E-state index is 12.4. The Morgan fingerprint density at radius 2 is 0.573 bits per heavy atom. The van der Waals surface area contributed by atoms with Crippen molar-refractivity contribution >= 4 is 34.2 Å². The lowest BCUT2D eigenvalue weighted by Crippen LogP contribution is -2.59. The third-order valence-electron chi connectivity index (χ3n) is 54.9. The molecule has 0 saturated heterocycles. The van der Waals surface area contributed by atoms with Gasteiger partial charge in [0.1, 0.15) is 11.6 Å². The van der Waals surface area contributed by atoms with Gasteiger partial charge in [0.15, 0.2) is 0 Å². The summed E-state index contributed by atoms with van der Waals surface area (Å²) in [6.45, 7) is 50.1. The van der Waals surface area contributed by atoms with E-state index < -0.39 is 0 Å². The molecule has 24 aliphatic carbocycles. The Balaban J connectivity index is 0.000000158. The highest BCUT2D eigenvalue weighted by Gasteiger charge is 2.72. The predicted molar refractivity (Wildman–Crippen MR) is 638 cm³/mol. The first kappa shape index (κ1) is 127. The van der Waals surface area contributed by atoms with Crippen LogP contribution in [0.1, 0.15) is 498 Å². The van der Waals surface area contributed by atoms with E-state index >= 15 is 0 Å². The van der Waals surface area contributed by atoms with Gasteiger partial charge in [0.25, 0.3) is 0 Å². The number of allylic oxidation sites excluding steroid dienone is 6. The molecule has 24 aliphatic rings. The first-order valence-electron chi connectivity index (χ1n) is 62.3. The average molecular weight is 2210 g/mol. The number of carbonyl (C=O) groups is 2. The van der Waals surface area contributed by atoms with Crippen LogP contribution in [0, 0.1) is 243 Å².